The minimum Gasteiger partial charge on any atom is -0.385 e. The Kier molecular flexibility index (Phi) is 5.07. The molecule has 7 heteroatoms. The Hall–Kier alpha value is -2.09. The van der Waals surface area contributed by atoms with Crippen molar-refractivity contribution >= 4 is 33.4 Å². The maximum absolute atomic E-state index is 13.5. The maximum atomic E-state index is 13.5. The molecule has 28 heavy (non-hydrogen) atoms. The molecule has 0 unspecified atom stereocenters. The predicted octanol–water partition coefficient (Wildman–Crippen LogP) is 3.20. The Labute approximate surface area is 170 Å². The second-order valence-corrected chi connectivity index (χ2v) is 8.26. The Balaban J connectivity index is 1.47. The standard InChI is InChI=1S/C21H20BrFN2O3/c22-15-6-4-14(5-7-15)21(28)8-10-24(11-9-21)18-13-19(26)25(20(18)27)17-3-1-2-16(23)12-17/h1-7,12,18,28H,8-11,13H2/t18-/m1/s1. The summed E-state index contributed by atoms with van der Waals surface area (Å²) in [5, 5.41) is 11.0. The van der Waals surface area contributed by atoms with Crippen LogP contribution in [0.5, 0.6) is 0 Å². The van der Waals surface area contributed by atoms with E-state index in [4.69, 9.17) is 0 Å². The van der Waals surface area contributed by atoms with Gasteiger partial charge in [-0.05, 0) is 48.7 Å². The molecule has 2 saturated heterocycles. The lowest BCUT2D eigenvalue weighted by molar-refractivity contribution is -0.124. The molecule has 2 aromatic carbocycles. The van der Waals surface area contributed by atoms with Crippen molar-refractivity contribution in [2.45, 2.75) is 30.9 Å². The molecule has 2 aliphatic heterocycles. The summed E-state index contributed by atoms with van der Waals surface area (Å²) in [6.07, 6.45) is 1.03. The van der Waals surface area contributed by atoms with Crippen molar-refractivity contribution in [3.8, 4) is 0 Å². The number of halogens is 2. The molecule has 0 aromatic heterocycles. The van der Waals surface area contributed by atoms with E-state index < -0.39 is 17.5 Å². The molecule has 2 fully saturated rings. The lowest BCUT2D eigenvalue weighted by Crippen LogP contribution is -2.49. The molecule has 2 heterocycles. The average molecular weight is 447 g/mol. The van der Waals surface area contributed by atoms with Gasteiger partial charge in [-0.25, -0.2) is 9.29 Å². The number of amides is 2. The van der Waals surface area contributed by atoms with Crippen LogP contribution in [0.3, 0.4) is 0 Å². The van der Waals surface area contributed by atoms with Crippen molar-refractivity contribution < 1.29 is 19.1 Å². The van der Waals surface area contributed by atoms with E-state index in [9.17, 15) is 19.1 Å². The highest BCUT2D eigenvalue weighted by Crippen LogP contribution is 2.36. The SMILES string of the molecule is O=C1C[C@@H](N2CCC(O)(c3ccc(Br)cc3)CC2)C(=O)N1c1cccc(F)c1. The highest BCUT2D eigenvalue weighted by atomic mass is 79.9. The molecule has 146 valence electrons. The Morgan fingerprint density at radius 3 is 2.39 bits per heavy atom. The first-order valence-corrected chi connectivity index (χ1v) is 10.0. The van der Waals surface area contributed by atoms with Gasteiger partial charge in [-0.2, -0.15) is 0 Å². The van der Waals surface area contributed by atoms with Gasteiger partial charge in [0.1, 0.15) is 5.82 Å². The van der Waals surface area contributed by atoms with Crippen molar-refractivity contribution in [1.29, 1.82) is 0 Å². The summed E-state index contributed by atoms with van der Waals surface area (Å²) in [5.41, 5.74) is 0.178. The number of aliphatic hydroxyl groups is 1. The molecule has 4 rings (SSSR count). The second-order valence-electron chi connectivity index (χ2n) is 7.34. The molecule has 0 saturated carbocycles. The fraction of sp³-hybridized carbons (Fsp3) is 0.333. The molecule has 0 bridgehead atoms. The van der Waals surface area contributed by atoms with Crippen molar-refractivity contribution in [3.05, 3.63) is 64.4 Å². The van der Waals surface area contributed by atoms with Gasteiger partial charge in [0, 0.05) is 17.6 Å². The van der Waals surface area contributed by atoms with E-state index in [0.717, 1.165) is 14.9 Å². The van der Waals surface area contributed by atoms with Crippen LogP contribution in [-0.4, -0.2) is 41.0 Å². The van der Waals surface area contributed by atoms with E-state index in [1.165, 1.54) is 18.2 Å². The zero-order chi connectivity index (χ0) is 19.9. The van der Waals surface area contributed by atoms with Gasteiger partial charge in [0.25, 0.3) is 5.91 Å². The van der Waals surface area contributed by atoms with E-state index in [0.29, 0.717) is 25.9 Å². The van der Waals surface area contributed by atoms with Crippen molar-refractivity contribution in [3.63, 3.8) is 0 Å². The zero-order valence-corrected chi connectivity index (χ0v) is 16.7. The molecular weight excluding hydrogens is 427 g/mol. The third kappa shape index (κ3) is 3.50. The van der Waals surface area contributed by atoms with Crippen LogP contribution in [0.15, 0.2) is 53.0 Å². The summed E-state index contributed by atoms with van der Waals surface area (Å²) in [6.45, 7) is 1.01. The van der Waals surface area contributed by atoms with Crippen LogP contribution >= 0.6 is 15.9 Å². The fourth-order valence-corrected chi connectivity index (χ4v) is 4.31. The smallest absolute Gasteiger partial charge is 0.251 e. The molecule has 2 aliphatic rings. The van der Waals surface area contributed by atoms with Crippen LogP contribution in [0.25, 0.3) is 0 Å². The van der Waals surface area contributed by atoms with Crippen LogP contribution in [0.2, 0.25) is 0 Å². The Bertz CT molecular complexity index is 910. The number of likely N-dealkylation sites (tertiary alicyclic amines) is 1. The number of imide groups is 1. The first-order chi connectivity index (χ1) is 13.4. The topological polar surface area (TPSA) is 60.9 Å². The number of hydrogen-bond acceptors (Lipinski definition) is 4. The molecule has 1 N–H and O–H groups in total. The number of carbonyl (C=O) groups is 2. The lowest BCUT2D eigenvalue weighted by Gasteiger charge is -2.40. The number of benzene rings is 2. The van der Waals surface area contributed by atoms with E-state index in [2.05, 4.69) is 15.9 Å². The van der Waals surface area contributed by atoms with Gasteiger partial charge in [0.05, 0.1) is 23.8 Å². The number of nitrogens with zero attached hydrogens (tertiary/aromatic N) is 2. The number of rotatable bonds is 3. The summed E-state index contributed by atoms with van der Waals surface area (Å²) < 4.78 is 14.5. The Morgan fingerprint density at radius 1 is 1.07 bits per heavy atom. The average Bonchev–Trinajstić information content (AvgIpc) is 2.97. The molecular formula is C21H20BrFN2O3. The summed E-state index contributed by atoms with van der Waals surface area (Å²) >= 11 is 3.40. The van der Waals surface area contributed by atoms with Crippen molar-refractivity contribution in [1.82, 2.24) is 4.90 Å². The minimum absolute atomic E-state index is 0.0755. The minimum atomic E-state index is -0.939. The van der Waals surface area contributed by atoms with Crippen molar-refractivity contribution in [2.24, 2.45) is 0 Å². The van der Waals surface area contributed by atoms with Gasteiger partial charge in [-0.15, -0.1) is 0 Å². The van der Waals surface area contributed by atoms with E-state index in [1.807, 2.05) is 29.2 Å². The molecule has 2 aromatic rings. The third-order valence-corrected chi connectivity index (χ3v) is 6.17. The molecule has 5 nitrogen and oxygen atoms in total. The van der Waals surface area contributed by atoms with E-state index >= 15 is 0 Å². The fourth-order valence-electron chi connectivity index (χ4n) is 4.04. The van der Waals surface area contributed by atoms with E-state index in [-0.39, 0.29) is 23.9 Å². The van der Waals surface area contributed by atoms with Gasteiger partial charge in [-0.1, -0.05) is 34.1 Å². The van der Waals surface area contributed by atoms with Crippen LogP contribution in [-0.2, 0) is 15.2 Å². The van der Waals surface area contributed by atoms with Gasteiger partial charge >= 0.3 is 0 Å². The number of piperidine rings is 1. The largest absolute Gasteiger partial charge is 0.385 e. The van der Waals surface area contributed by atoms with Crippen LogP contribution in [0.1, 0.15) is 24.8 Å². The summed E-state index contributed by atoms with van der Waals surface area (Å²) in [6, 6.07) is 12.5. The molecule has 0 radical (unpaired) electrons. The maximum Gasteiger partial charge on any atom is 0.251 e. The van der Waals surface area contributed by atoms with Gasteiger partial charge < -0.3 is 5.11 Å². The summed E-state index contributed by atoms with van der Waals surface area (Å²) in [5.74, 6) is -1.14. The quantitative estimate of drug-likeness (QED) is 0.735. The third-order valence-electron chi connectivity index (χ3n) is 5.64. The number of carbonyl (C=O) groups excluding carboxylic acids is 2. The number of hydrogen-bond donors (Lipinski definition) is 1. The summed E-state index contributed by atoms with van der Waals surface area (Å²) in [7, 11) is 0. The predicted molar refractivity (Wildman–Crippen MR) is 106 cm³/mol. The van der Waals surface area contributed by atoms with Crippen LogP contribution in [0.4, 0.5) is 10.1 Å². The zero-order valence-electron chi connectivity index (χ0n) is 15.1. The Morgan fingerprint density at radius 2 is 1.75 bits per heavy atom. The highest BCUT2D eigenvalue weighted by molar-refractivity contribution is 9.10. The molecule has 0 spiro atoms. The number of anilines is 1. The first-order valence-electron chi connectivity index (χ1n) is 9.22. The van der Waals surface area contributed by atoms with Crippen molar-refractivity contribution in [2.75, 3.05) is 18.0 Å². The monoisotopic (exact) mass is 446 g/mol. The normalized spacial score (nSPS) is 22.7. The molecule has 2 amide bonds. The summed E-state index contributed by atoms with van der Waals surface area (Å²) in [4.78, 5) is 28.3. The van der Waals surface area contributed by atoms with Gasteiger partial charge in [0.15, 0.2) is 0 Å². The van der Waals surface area contributed by atoms with Gasteiger partial charge in [0.2, 0.25) is 5.91 Å². The van der Waals surface area contributed by atoms with Crippen LogP contribution in [0, 0.1) is 5.82 Å². The first kappa shape index (κ1) is 19.2. The van der Waals surface area contributed by atoms with Gasteiger partial charge in [-0.3, -0.25) is 14.5 Å². The second kappa shape index (κ2) is 7.39. The molecule has 1 atom stereocenters. The molecule has 0 aliphatic carbocycles. The highest BCUT2D eigenvalue weighted by Gasteiger charge is 2.45. The van der Waals surface area contributed by atoms with E-state index in [1.54, 1.807) is 6.07 Å². The van der Waals surface area contributed by atoms with Crippen LogP contribution < -0.4 is 4.90 Å². The lowest BCUT2D eigenvalue weighted by atomic mass is 9.84.